The van der Waals surface area contributed by atoms with E-state index in [4.69, 9.17) is 26.8 Å². The molecule has 0 spiro atoms. The first-order valence-electron chi connectivity index (χ1n) is 10.2. The van der Waals surface area contributed by atoms with Crippen molar-refractivity contribution in [1.82, 2.24) is 9.55 Å². The molecule has 0 saturated heterocycles. The maximum absolute atomic E-state index is 11.8. The van der Waals surface area contributed by atoms with Gasteiger partial charge >= 0.3 is 5.97 Å². The Bertz CT molecular complexity index is 1220. The molecule has 4 rings (SSSR count). The average Bonchev–Trinajstić information content (AvgIpc) is 3.12. The molecule has 0 fully saturated rings. The number of halogens is 1. The molecule has 32 heavy (non-hydrogen) atoms. The molecule has 0 unspecified atom stereocenters. The van der Waals surface area contributed by atoms with Crippen LogP contribution in [0.15, 0.2) is 66.7 Å². The third-order valence-electron chi connectivity index (χ3n) is 4.78. The second kappa shape index (κ2) is 9.62. The number of fused-ring (bicyclic) bond motifs is 1. The van der Waals surface area contributed by atoms with E-state index >= 15 is 0 Å². The summed E-state index contributed by atoms with van der Waals surface area (Å²) >= 11 is 5.92. The highest BCUT2D eigenvalue weighted by molar-refractivity contribution is 6.30. The van der Waals surface area contributed by atoms with E-state index in [1.807, 2.05) is 53.1 Å². The number of nitrogen functional groups attached to an aromatic ring is 1. The zero-order valence-corrected chi connectivity index (χ0v) is 18.3. The number of ether oxygens (including phenoxy) is 2. The second-order valence-electron chi connectivity index (χ2n) is 7.13. The van der Waals surface area contributed by atoms with Crippen LogP contribution in [0.5, 0.6) is 11.5 Å². The van der Waals surface area contributed by atoms with E-state index in [9.17, 15) is 4.79 Å². The van der Waals surface area contributed by atoms with Gasteiger partial charge in [-0.3, -0.25) is 4.79 Å². The van der Waals surface area contributed by atoms with Crippen molar-refractivity contribution in [3.8, 4) is 11.5 Å². The molecule has 1 aromatic heterocycles. The minimum absolute atomic E-state index is 0.0283. The zero-order valence-electron chi connectivity index (χ0n) is 17.5. The van der Waals surface area contributed by atoms with Crippen LogP contribution in [0.2, 0.25) is 5.02 Å². The number of rotatable bonds is 8. The minimum Gasteiger partial charge on any atom is -0.465 e. The van der Waals surface area contributed by atoms with Crippen molar-refractivity contribution in [2.75, 3.05) is 24.2 Å². The Morgan fingerprint density at radius 1 is 1.06 bits per heavy atom. The molecule has 3 N–H and O–H groups in total. The topological polar surface area (TPSA) is 91.4 Å². The van der Waals surface area contributed by atoms with Gasteiger partial charge in [0.2, 0.25) is 5.95 Å². The van der Waals surface area contributed by atoms with Crippen LogP contribution >= 0.6 is 11.6 Å². The number of carbonyl (C=O) groups is 1. The number of anilines is 2. The van der Waals surface area contributed by atoms with Crippen molar-refractivity contribution in [2.45, 2.75) is 13.5 Å². The van der Waals surface area contributed by atoms with E-state index in [0.717, 1.165) is 22.3 Å². The summed E-state index contributed by atoms with van der Waals surface area (Å²) in [5, 5.41) is 3.74. The Morgan fingerprint density at radius 3 is 2.44 bits per heavy atom. The summed E-state index contributed by atoms with van der Waals surface area (Å²) in [6.07, 6.45) is 0. The van der Waals surface area contributed by atoms with Gasteiger partial charge < -0.3 is 25.1 Å². The van der Waals surface area contributed by atoms with Crippen molar-refractivity contribution in [2.24, 2.45) is 0 Å². The van der Waals surface area contributed by atoms with Gasteiger partial charge in [-0.25, -0.2) is 4.98 Å². The van der Waals surface area contributed by atoms with Gasteiger partial charge in [-0.2, -0.15) is 0 Å². The van der Waals surface area contributed by atoms with Crippen molar-refractivity contribution >= 4 is 40.2 Å². The first-order chi connectivity index (χ1) is 15.5. The molecule has 0 atom stereocenters. The van der Waals surface area contributed by atoms with Crippen LogP contribution in [-0.2, 0) is 16.1 Å². The van der Waals surface area contributed by atoms with Crippen molar-refractivity contribution in [3.63, 3.8) is 0 Å². The molecular weight excluding hydrogens is 428 g/mol. The summed E-state index contributed by atoms with van der Waals surface area (Å²) < 4.78 is 12.9. The number of nitrogens with zero attached hydrogens (tertiary/aromatic N) is 2. The number of nitrogens with one attached hydrogen (secondary N) is 1. The highest BCUT2D eigenvalue weighted by atomic mass is 35.5. The van der Waals surface area contributed by atoms with Gasteiger partial charge in [0.1, 0.15) is 18.0 Å². The third-order valence-corrected chi connectivity index (χ3v) is 5.03. The Hall–Kier alpha value is -3.71. The molecule has 4 aromatic rings. The van der Waals surface area contributed by atoms with Gasteiger partial charge in [0.25, 0.3) is 0 Å². The van der Waals surface area contributed by atoms with Gasteiger partial charge in [0.05, 0.1) is 24.2 Å². The van der Waals surface area contributed by atoms with Gasteiger partial charge in [-0.1, -0.05) is 23.7 Å². The van der Waals surface area contributed by atoms with Gasteiger partial charge in [0, 0.05) is 10.7 Å². The van der Waals surface area contributed by atoms with Crippen molar-refractivity contribution in [3.05, 3.63) is 77.3 Å². The van der Waals surface area contributed by atoms with E-state index in [0.29, 0.717) is 35.6 Å². The van der Waals surface area contributed by atoms with Crippen LogP contribution in [-0.4, -0.2) is 28.7 Å². The Labute approximate surface area is 190 Å². The summed E-state index contributed by atoms with van der Waals surface area (Å²) in [6, 6.07) is 20.5. The first-order valence-corrected chi connectivity index (χ1v) is 10.6. The molecule has 0 saturated carbocycles. The summed E-state index contributed by atoms with van der Waals surface area (Å²) in [5.74, 6) is 1.66. The molecule has 0 aliphatic rings. The normalized spacial score (nSPS) is 10.8. The predicted octanol–water partition coefficient (Wildman–Crippen LogP) is 5.09. The quantitative estimate of drug-likeness (QED) is 0.287. The predicted molar refractivity (Wildman–Crippen MR) is 126 cm³/mol. The number of carbonyl (C=O) groups excluding carboxylic acids is 1. The minimum atomic E-state index is -0.339. The summed E-state index contributed by atoms with van der Waals surface area (Å²) in [7, 11) is 0. The fourth-order valence-corrected chi connectivity index (χ4v) is 3.41. The molecular formula is C24H23ClN4O3. The lowest BCUT2D eigenvalue weighted by Gasteiger charge is -2.12. The molecule has 0 radical (unpaired) electrons. The molecule has 3 aromatic carbocycles. The molecule has 8 heteroatoms. The van der Waals surface area contributed by atoms with E-state index < -0.39 is 0 Å². The largest absolute Gasteiger partial charge is 0.465 e. The molecule has 0 bridgehead atoms. The molecule has 0 aliphatic carbocycles. The Kier molecular flexibility index (Phi) is 6.47. The van der Waals surface area contributed by atoms with Crippen LogP contribution in [0.1, 0.15) is 12.5 Å². The molecule has 164 valence electrons. The second-order valence-corrected chi connectivity index (χ2v) is 7.56. The van der Waals surface area contributed by atoms with E-state index in [1.165, 1.54) is 0 Å². The van der Waals surface area contributed by atoms with Crippen LogP contribution < -0.4 is 15.8 Å². The molecule has 7 nitrogen and oxygen atoms in total. The molecule has 0 aliphatic heterocycles. The summed E-state index contributed by atoms with van der Waals surface area (Å²) in [6.45, 7) is 2.67. The SMILES string of the molecule is CCOC(=O)CNc1nc2ccc(N)cc2n1Cc1ccc(Oc2ccc(Cl)cc2)cc1. The highest BCUT2D eigenvalue weighted by Gasteiger charge is 2.13. The fraction of sp³-hybridized carbons (Fsp3) is 0.167. The number of hydrogen-bond donors (Lipinski definition) is 2. The van der Waals surface area contributed by atoms with Crippen LogP contribution in [0, 0.1) is 0 Å². The van der Waals surface area contributed by atoms with Crippen LogP contribution in [0.25, 0.3) is 11.0 Å². The fourth-order valence-electron chi connectivity index (χ4n) is 3.28. The number of imidazole rings is 1. The molecule has 0 amide bonds. The van der Waals surface area contributed by atoms with Crippen LogP contribution in [0.3, 0.4) is 0 Å². The number of nitrogens with two attached hydrogens (primary N) is 1. The number of esters is 1. The maximum atomic E-state index is 11.8. The average molecular weight is 451 g/mol. The lowest BCUT2D eigenvalue weighted by atomic mass is 10.2. The van der Waals surface area contributed by atoms with Crippen molar-refractivity contribution < 1.29 is 14.3 Å². The maximum Gasteiger partial charge on any atom is 0.325 e. The van der Waals surface area contributed by atoms with Crippen molar-refractivity contribution in [1.29, 1.82) is 0 Å². The van der Waals surface area contributed by atoms with Gasteiger partial charge in [0.15, 0.2) is 0 Å². The van der Waals surface area contributed by atoms with Crippen LogP contribution in [0.4, 0.5) is 11.6 Å². The third kappa shape index (κ3) is 5.12. The number of aromatic nitrogens is 2. The number of hydrogen-bond acceptors (Lipinski definition) is 6. The summed E-state index contributed by atoms with van der Waals surface area (Å²) in [5.41, 5.74) is 9.34. The lowest BCUT2D eigenvalue weighted by molar-refractivity contribution is -0.140. The van der Waals surface area contributed by atoms with E-state index in [1.54, 1.807) is 25.1 Å². The summed E-state index contributed by atoms with van der Waals surface area (Å²) in [4.78, 5) is 16.4. The highest BCUT2D eigenvalue weighted by Crippen LogP contribution is 2.26. The van der Waals surface area contributed by atoms with E-state index in [2.05, 4.69) is 10.3 Å². The Morgan fingerprint density at radius 2 is 1.75 bits per heavy atom. The van der Waals surface area contributed by atoms with Gasteiger partial charge in [-0.05, 0) is 67.1 Å². The first kappa shape index (κ1) is 21.5. The smallest absolute Gasteiger partial charge is 0.325 e. The standard InChI is InChI=1S/C24H23ClN4O3/c1-2-31-23(30)14-27-24-28-21-12-7-18(26)13-22(21)29(24)15-16-3-8-19(9-4-16)32-20-10-5-17(25)6-11-20/h3-13H,2,14-15,26H2,1H3,(H,27,28). The molecule has 1 heterocycles. The van der Waals surface area contributed by atoms with Gasteiger partial charge in [-0.15, -0.1) is 0 Å². The van der Waals surface area contributed by atoms with E-state index in [-0.39, 0.29) is 12.5 Å². The number of benzene rings is 3. The lowest BCUT2D eigenvalue weighted by Crippen LogP contribution is -2.19. The Balaban J connectivity index is 1.55. The monoisotopic (exact) mass is 450 g/mol. The zero-order chi connectivity index (χ0) is 22.5.